The molecular formula is C14H19F2NO. The molecule has 3 atom stereocenters. The molecule has 0 aromatic heterocycles. The maximum atomic E-state index is 13.1. The standard InChI is InChI=1S/C14H19F2NO/c1-9(10-5-6-12(15)13(16)7-10)17-8-11-3-2-4-14(11)18/h5-7,9,11,14,17-18H,2-4,8H2,1H3. The molecule has 1 fully saturated rings. The van der Waals surface area contributed by atoms with Crippen molar-refractivity contribution in [1.29, 1.82) is 0 Å². The quantitative estimate of drug-likeness (QED) is 0.867. The van der Waals surface area contributed by atoms with Crippen LogP contribution in [0.5, 0.6) is 0 Å². The van der Waals surface area contributed by atoms with Gasteiger partial charge in [-0.2, -0.15) is 0 Å². The number of aliphatic hydroxyl groups excluding tert-OH is 1. The second-order valence-electron chi connectivity index (χ2n) is 5.06. The summed E-state index contributed by atoms with van der Waals surface area (Å²) in [7, 11) is 0. The minimum absolute atomic E-state index is 0.0482. The zero-order chi connectivity index (χ0) is 13.1. The Morgan fingerprint density at radius 2 is 2.11 bits per heavy atom. The van der Waals surface area contributed by atoms with Gasteiger partial charge >= 0.3 is 0 Å². The molecule has 0 heterocycles. The number of halogens is 2. The number of hydrogen-bond acceptors (Lipinski definition) is 2. The van der Waals surface area contributed by atoms with Crippen molar-refractivity contribution in [2.24, 2.45) is 5.92 Å². The summed E-state index contributed by atoms with van der Waals surface area (Å²) >= 11 is 0. The van der Waals surface area contributed by atoms with Crippen LogP contribution in [0.4, 0.5) is 8.78 Å². The van der Waals surface area contributed by atoms with Gasteiger partial charge < -0.3 is 10.4 Å². The largest absolute Gasteiger partial charge is 0.393 e. The lowest BCUT2D eigenvalue weighted by Gasteiger charge is -2.19. The Balaban J connectivity index is 1.90. The Hall–Kier alpha value is -1.00. The van der Waals surface area contributed by atoms with Gasteiger partial charge in [-0.25, -0.2) is 8.78 Å². The van der Waals surface area contributed by atoms with E-state index in [9.17, 15) is 13.9 Å². The molecule has 100 valence electrons. The minimum atomic E-state index is -0.822. The van der Waals surface area contributed by atoms with Crippen LogP contribution in [0.15, 0.2) is 18.2 Å². The lowest BCUT2D eigenvalue weighted by atomic mass is 10.0. The molecule has 2 rings (SSSR count). The molecule has 1 saturated carbocycles. The summed E-state index contributed by atoms with van der Waals surface area (Å²) < 4.78 is 25.9. The van der Waals surface area contributed by atoms with Crippen LogP contribution < -0.4 is 5.32 Å². The van der Waals surface area contributed by atoms with Crippen molar-refractivity contribution in [2.45, 2.75) is 38.3 Å². The highest BCUT2D eigenvalue weighted by Crippen LogP contribution is 2.25. The van der Waals surface area contributed by atoms with E-state index in [2.05, 4.69) is 5.32 Å². The SMILES string of the molecule is CC(NCC1CCCC1O)c1ccc(F)c(F)c1. The number of benzene rings is 1. The highest BCUT2D eigenvalue weighted by molar-refractivity contribution is 5.20. The summed E-state index contributed by atoms with van der Waals surface area (Å²) in [6.07, 6.45) is 2.73. The van der Waals surface area contributed by atoms with Gasteiger partial charge in [-0.3, -0.25) is 0 Å². The van der Waals surface area contributed by atoms with Crippen molar-refractivity contribution in [1.82, 2.24) is 5.32 Å². The number of nitrogens with one attached hydrogen (secondary N) is 1. The second-order valence-corrected chi connectivity index (χ2v) is 5.06. The van der Waals surface area contributed by atoms with Gasteiger partial charge in [-0.1, -0.05) is 12.5 Å². The molecular weight excluding hydrogens is 236 g/mol. The van der Waals surface area contributed by atoms with E-state index in [1.165, 1.54) is 6.07 Å². The van der Waals surface area contributed by atoms with Gasteiger partial charge in [0.05, 0.1) is 6.10 Å². The van der Waals surface area contributed by atoms with Gasteiger partial charge in [0.15, 0.2) is 11.6 Å². The van der Waals surface area contributed by atoms with E-state index in [4.69, 9.17) is 0 Å². The zero-order valence-corrected chi connectivity index (χ0v) is 10.5. The van der Waals surface area contributed by atoms with E-state index in [0.29, 0.717) is 6.54 Å². The highest BCUT2D eigenvalue weighted by atomic mass is 19.2. The molecule has 2 N–H and O–H groups in total. The molecule has 0 radical (unpaired) electrons. The van der Waals surface area contributed by atoms with Crippen molar-refractivity contribution >= 4 is 0 Å². The summed E-state index contributed by atoms with van der Waals surface area (Å²) in [5.41, 5.74) is 0.724. The molecule has 18 heavy (non-hydrogen) atoms. The molecule has 0 saturated heterocycles. The van der Waals surface area contributed by atoms with Gasteiger partial charge in [0, 0.05) is 12.6 Å². The monoisotopic (exact) mass is 255 g/mol. The summed E-state index contributed by atoms with van der Waals surface area (Å²) in [5.74, 6) is -1.36. The average Bonchev–Trinajstić information content (AvgIpc) is 2.75. The Bertz CT molecular complexity index is 411. The lowest BCUT2D eigenvalue weighted by Crippen LogP contribution is -2.29. The summed E-state index contributed by atoms with van der Waals surface area (Å²) in [4.78, 5) is 0. The topological polar surface area (TPSA) is 32.3 Å². The first kappa shape index (κ1) is 13.4. The Kier molecular flexibility index (Phi) is 4.30. The predicted octanol–water partition coefficient (Wildman–Crippen LogP) is 2.78. The number of aliphatic hydroxyl groups is 1. The fourth-order valence-corrected chi connectivity index (χ4v) is 2.48. The fourth-order valence-electron chi connectivity index (χ4n) is 2.48. The van der Waals surface area contributed by atoms with Crippen LogP contribution in [-0.4, -0.2) is 17.8 Å². The molecule has 1 aromatic rings. The summed E-state index contributed by atoms with van der Waals surface area (Å²) in [5, 5.41) is 13.0. The first-order chi connectivity index (χ1) is 8.58. The van der Waals surface area contributed by atoms with Crippen LogP contribution in [0.2, 0.25) is 0 Å². The molecule has 1 aliphatic rings. The Morgan fingerprint density at radius 1 is 1.33 bits per heavy atom. The average molecular weight is 255 g/mol. The van der Waals surface area contributed by atoms with E-state index in [1.54, 1.807) is 6.07 Å². The van der Waals surface area contributed by atoms with E-state index in [1.807, 2.05) is 6.92 Å². The zero-order valence-electron chi connectivity index (χ0n) is 10.5. The van der Waals surface area contributed by atoms with E-state index in [-0.39, 0.29) is 18.1 Å². The van der Waals surface area contributed by atoms with Crippen LogP contribution in [-0.2, 0) is 0 Å². The summed E-state index contributed by atoms with van der Waals surface area (Å²) in [6.45, 7) is 2.62. The van der Waals surface area contributed by atoms with Gasteiger partial charge in [-0.15, -0.1) is 0 Å². The first-order valence-electron chi connectivity index (χ1n) is 6.44. The molecule has 0 aliphatic heterocycles. The third-order valence-corrected chi connectivity index (χ3v) is 3.75. The van der Waals surface area contributed by atoms with Crippen LogP contribution in [0.3, 0.4) is 0 Å². The van der Waals surface area contributed by atoms with Crippen LogP contribution in [0.1, 0.15) is 37.8 Å². The molecule has 0 amide bonds. The van der Waals surface area contributed by atoms with Crippen molar-refractivity contribution in [2.75, 3.05) is 6.54 Å². The van der Waals surface area contributed by atoms with Crippen molar-refractivity contribution in [3.05, 3.63) is 35.4 Å². The maximum Gasteiger partial charge on any atom is 0.159 e. The molecule has 4 heteroatoms. The molecule has 3 unspecified atom stereocenters. The molecule has 1 aromatic carbocycles. The van der Waals surface area contributed by atoms with Gasteiger partial charge in [-0.05, 0) is 43.4 Å². The van der Waals surface area contributed by atoms with Crippen LogP contribution >= 0.6 is 0 Å². The smallest absolute Gasteiger partial charge is 0.159 e. The minimum Gasteiger partial charge on any atom is -0.393 e. The van der Waals surface area contributed by atoms with Crippen molar-refractivity contribution < 1.29 is 13.9 Å². The van der Waals surface area contributed by atoms with Crippen molar-refractivity contribution in [3.63, 3.8) is 0 Å². The van der Waals surface area contributed by atoms with E-state index >= 15 is 0 Å². The van der Waals surface area contributed by atoms with Gasteiger partial charge in [0.1, 0.15) is 0 Å². The second kappa shape index (κ2) is 5.76. The maximum absolute atomic E-state index is 13.1. The molecule has 0 spiro atoms. The van der Waals surface area contributed by atoms with Crippen LogP contribution in [0, 0.1) is 17.6 Å². The number of rotatable bonds is 4. The van der Waals surface area contributed by atoms with Gasteiger partial charge in [0.25, 0.3) is 0 Å². The Morgan fingerprint density at radius 3 is 2.72 bits per heavy atom. The first-order valence-corrected chi connectivity index (χ1v) is 6.44. The normalized spacial score (nSPS) is 25.3. The predicted molar refractivity (Wildman–Crippen MR) is 66.1 cm³/mol. The lowest BCUT2D eigenvalue weighted by molar-refractivity contribution is 0.130. The molecule has 1 aliphatic carbocycles. The van der Waals surface area contributed by atoms with Crippen LogP contribution in [0.25, 0.3) is 0 Å². The Labute approximate surface area is 106 Å². The van der Waals surface area contributed by atoms with Crippen molar-refractivity contribution in [3.8, 4) is 0 Å². The fraction of sp³-hybridized carbons (Fsp3) is 0.571. The third kappa shape index (κ3) is 3.06. The van der Waals surface area contributed by atoms with E-state index < -0.39 is 11.6 Å². The molecule has 2 nitrogen and oxygen atoms in total. The van der Waals surface area contributed by atoms with E-state index in [0.717, 1.165) is 30.9 Å². The highest BCUT2D eigenvalue weighted by Gasteiger charge is 2.25. The van der Waals surface area contributed by atoms with Gasteiger partial charge in [0.2, 0.25) is 0 Å². The molecule has 0 bridgehead atoms. The third-order valence-electron chi connectivity index (χ3n) is 3.75. The summed E-state index contributed by atoms with van der Waals surface area (Å²) in [6, 6.07) is 3.90. The number of hydrogen-bond donors (Lipinski definition) is 2.